The number of furan rings is 1. The fourth-order valence-corrected chi connectivity index (χ4v) is 4.84. The largest absolute Gasteiger partial charge is 0.461 e. The molecule has 30 heavy (non-hydrogen) atoms. The Balaban J connectivity index is 1.31. The number of amides is 2. The molecule has 0 atom stereocenters. The smallest absolute Gasteiger partial charge is 0.236 e. The third kappa shape index (κ3) is 4.38. The van der Waals surface area contributed by atoms with E-state index in [2.05, 4.69) is 17.9 Å². The Kier molecular flexibility index (Phi) is 6.42. The van der Waals surface area contributed by atoms with E-state index in [1.807, 2.05) is 35.0 Å². The second-order valence-corrected chi connectivity index (χ2v) is 8.71. The van der Waals surface area contributed by atoms with Crippen molar-refractivity contribution in [2.24, 2.45) is 5.92 Å². The molecule has 0 N–H and O–H groups in total. The van der Waals surface area contributed by atoms with Gasteiger partial charge in [0.05, 0.1) is 6.54 Å². The molecule has 0 radical (unpaired) electrons. The first-order chi connectivity index (χ1) is 14.6. The lowest BCUT2D eigenvalue weighted by Crippen LogP contribution is -2.46. The van der Waals surface area contributed by atoms with Gasteiger partial charge in [0.25, 0.3) is 0 Å². The van der Waals surface area contributed by atoms with Gasteiger partial charge in [0, 0.05) is 56.0 Å². The van der Waals surface area contributed by atoms with Gasteiger partial charge in [-0.05, 0) is 38.8 Å². The van der Waals surface area contributed by atoms with Gasteiger partial charge in [-0.25, -0.2) is 0 Å². The van der Waals surface area contributed by atoms with Gasteiger partial charge >= 0.3 is 0 Å². The quantitative estimate of drug-likeness (QED) is 0.732. The zero-order valence-corrected chi connectivity index (χ0v) is 18.2. The lowest BCUT2D eigenvalue weighted by Gasteiger charge is -2.34. The summed E-state index contributed by atoms with van der Waals surface area (Å²) in [5.41, 5.74) is 2.09. The van der Waals surface area contributed by atoms with Crippen molar-refractivity contribution in [1.82, 2.24) is 14.7 Å². The number of nitrogens with zero attached hydrogens (tertiary/aromatic N) is 3. The van der Waals surface area contributed by atoms with Gasteiger partial charge in [-0.2, -0.15) is 0 Å². The van der Waals surface area contributed by atoms with Crippen molar-refractivity contribution in [1.29, 1.82) is 0 Å². The lowest BCUT2D eigenvalue weighted by molar-refractivity contribution is -0.140. The molecule has 2 amide bonds. The molecule has 2 aliphatic rings. The van der Waals surface area contributed by atoms with Crippen molar-refractivity contribution < 1.29 is 14.0 Å². The van der Waals surface area contributed by atoms with Gasteiger partial charge in [0.1, 0.15) is 11.3 Å². The van der Waals surface area contributed by atoms with Crippen molar-refractivity contribution in [2.45, 2.75) is 45.6 Å². The van der Waals surface area contributed by atoms with Crippen LogP contribution in [0.5, 0.6) is 0 Å². The van der Waals surface area contributed by atoms with Crippen LogP contribution in [0.25, 0.3) is 11.0 Å². The first-order valence-electron chi connectivity index (χ1n) is 11.3. The van der Waals surface area contributed by atoms with Gasteiger partial charge in [-0.3, -0.25) is 14.5 Å². The summed E-state index contributed by atoms with van der Waals surface area (Å²) < 4.78 is 5.99. The van der Waals surface area contributed by atoms with Crippen LogP contribution in [0.1, 0.15) is 43.9 Å². The summed E-state index contributed by atoms with van der Waals surface area (Å²) in [6.07, 6.45) is 4.67. The number of hydrogen-bond donors (Lipinski definition) is 0. The molecule has 1 aromatic carbocycles. The normalized spacial score (nSPS) is 18.0. The van der Waals surface area contributed by atoms with Crippen LogP contribution in [0.15, 0.2) is 28.7 Å². The van der Waals surface area contributed by atoms with Gasteiger partial charge in [-0.15, -0.1) is 0 Å². The number of aryl methyl sites for hydroxylation is 1. The van der Waals surface area contributed by atoms with Crippen molar-refractivity contribution in [3.63, 3.8) is 0 Å². The average Bonchev–Trinajstić information content (AvgIpc) is 3.42. The third-order valence-electron chi connectivity index (χ3n) is 6.55. The number of rotatable bonds is 6. The van der Waals surface area contributed by atoms with Crippen LogP contribution in [0.4, 0.5) is 0 Å². The van der Waals surface area contributed by atoms with E-state index in [1.165, 1.54) is 5.56 Å². The van der Waals surface area contributed by atoms with E-state index < -0.39 is 0 Å². The van der Waals surface area contributed by atoms with E-state index in [1.54, 1.807) is 0 Å². The second kappa shape index (κ2) is 9.21. The fourth-order valence-electron chi connectivity index (χ4n) is 4.84. The summed E-state index contributed by atoms with van der Waals surface area (Å²) in [6, 6.07) is 8.10. The lowest BCUT2D eigenvalue weighted by atomic mass is 9.95. The standard InChI is InChI=1S/C24H33N3O3/c1-3-21-20(19-8-4-5-9-22(19)30-21)16-25(2)17-23(28)26-14-10-18(11-15-26)24(29)27-12-6-7-13-27/h4-5,8-9,18H,3,6-7,10-17H2,1-2H3. The maximum Gasteiger partial charge on any atom is 0.236 e. The van der Waals surface area contributed by atoms with Gasteiger partial charge in [0.15, 0.2) is 0 Å². The topological polar surface area (TPSA) is 57.0 Å². The van der Waals surface area contributed by atoms with Crippen LogP contribution in [-0.4, -0.2) is 66.3 Å². The highest BCUT2D eigenvalue weighted by atomic mass is 16.3. The number of para-hydroxylation sites is 1. The highest BCUT2D eigenvalue weighted by Crippen LogP contribution is 2.27. The minimum absolute atomic E-state index is 0.0919. The van der Waals surface area contributed by atoms with Crippen LogP contribution >= 0.6 is 0 Å². The van der Waals surface area contributed by atoms with Crippen molar-refractivity contribution in [3.05, 3.63) is 35.6 Å². The van der Waals surface area contributed by atoms with E-state index in [0.29, 0.717) is 32.1 Å². The number of hydrogen-bond acceptors (Lipinski definition) is 4. The van der Waals surface area contributed by atoms with Crippen LogP contribution in [-0.2, 0) is 22.6 Å². The molecule has 1 aromatic heterocycles. The molecule has 2 aromatic rings. The van der Waals surface area contributed by atoms with Gasteiger partial charge in [-0.1, -0.05) is 25.1 Å². The molecule has 4 rings (SSSR count). The number of benzene rings is 1. The SMILES string of the molecule is CCc1oc2ccccc2c1CN(C)CC(=O)N1CCC(C(=O)N2CCCC2)CC1. The van der Waals surface area contributed by atoms with Crippen molar-refractivity contribution >= 4 is 22.8 Å². The molecule has 0 saturated carbocycles. The molecule has 0 unspecified atom stereocenters. The van der Waals surface area contributed by atoms with E-state index in [0.717, 1.165) is 61.9 Å². The summed E-state index contributed by atoms with van der Waals surface area (Å²) in [4.78, 5) is 31.5. The number of fused-ring (bicyclic) bond motifs is 1. The summed E-state index contributed by atoms with van der Waals surface area (Å²) in [6.45, 7) is 6.36. The van der Waals surface area contributed by atoms with Gasteiger partial charge < -0.3 is 14.2 Å². The minimum Gasteiger partial charge on any atom is -0.461 e. The molecular weight excluding hydrogens is 378 g/mol. The van der Waals surface area contributed by atoms with E-state index in [9.17, 15) is 9.59 Å². The maximum atomic E-state index is 12.9. The summed E-state index contributed by atoms with van der Waals surface area (Å²) in [7, 11) is 1.99. The van der Waals surface area contributed by atoms with E-state index in [4.69, 9.17) is 4.42 Å². The van der Waals surface area contributed by atoms with Crippen LogP contribution in [0.2, 0.25) is 0 Å². The molecule has 2 fully saturated rings. The van der Waals surface area contributed by atoms with Crippen LogP contribution in [0.3, 0.4) is 0 Å². The third-order valence-corrected chi connectivity index (χ3v) is 6.55. The number of likely N-dealkylation sites (tertiary alicyclic amines) is 2. The van der Waals surface area contributed by atoms with Gasteiger partial charge in [0.2, 0.25) is 11.8 Å². The van der Waals surface area contributed by atoms with E-state index >= 15 is 0 Å². The summed E-state index contributed by atoms with van der Waals surface area (Å²) in [5.74, 6) is 1.54. The predicted octanol–water partition coefficient (Wildman–Crippen LogP) is 3.29. The molecule has 2 aliphatic heterocycles. The molecule has 2 saturated heterocycles. The number of piperidine rings is 1. The number of carbonyl (C=O) groups is 2. The molecule has 0 bridgehead atoms. The highest BCUT2D eigenvalue weighted by molar-refractivity contribution is 5.83. The Morgan fingerprint density at radius 3 is 2.47 bits per heavy atom. The van der Waals surface area contributed by atoms with Crippen molar-refractivity contribution in [3.8, 4) is 0 Å². The summed E-state index contributed by atoms with van der Waals surface area (Å²) in [5, 5.41) is 1.13. The molecule has 0 spiro atoms. The fraction of sp³-hybridized carbons (Fsp3) is 0.583. The summed E-state index contributed by atoms with van der Waals surface area (Å²) >= 11 is 0. The molecule has 6 nitrogen and oxygen atoms in total. The zero-order chi connectivity index (χ0) is 21.1. The number of likely N-dealkylation sites (N-methyl/N-ethyl adjacent to an activating group) is 1. The Morgan fingerprint density at radius 1 is 1.07 bits per heavy atom. The zero-order valence-electron chi connectivity index (χ0n) is 18.2. The Bertz CT molecular complexity index is 892. The average molecular weight is 412 g/mol. The molecule has 3 heterocycles. The molecule has 162 valence electrons. The Labute approximate surface area is 178 Å². The Hall–Kier alpha value is -2.34. The van der Waals surface area contributed by atoms with E-state index in [-0.39, 0.29) is 11.8 Å². The minimum atomic E-state index is 0.0919. The number of carbonyl (C=O) groups excluding carboxylic acids is 2. The molecular formula is C24H33N3O3. The second-order valence-electron chi connectivity index (χ2n) is 8.71. The molecule has 0 aliphatic carbocycles. The Morgan fingerprint density at radius 2 is 1.77 bits per heavy atom. The van der Waals surface area contributed by atoms with Crippen LogP contribution < -0.4 is 0 Å². The highest BCUT2D eigenvalue weighted by Gasteiger charge is 2.31. The molecule has 6 heteroatoms. The first-order valence-corrected chi connectivity index (χ1v) is 11.3. The monoisotopic (exact) mass is 411 g/mol. The maximum absolute atomic E-state index is 12.9. The van der Waals surface area contributed by atoms with Crippen LogP contribution in [0, 0.1) is 5.92 Å². The van der Waals surface area contributed by atoms with Crippen molar-refractivity contribution in [2.75, 3.05) is 39.8 Å². The first kappa shape index (κ1) is 20.9. The predicted molar refractivity (Wildman–Crippen MR) is 117 cm³/mol.